The highest BCUT2D eigenvalue weighted by molar-refractivity contribution is 5.90. The number of likely N-dealkylation sites (tertiary alicyclic amines) is 1. The number of hydrogen-bond acceptors (Lipinski definition) is 5. The van der Waals surface area contributed by atoms with Crippen LogP contribution in [-0.4, -0.2) is 51.9 Å². The van der Waals surface area contributed by atoms with E-state index in [4.69, 9.17) is 4.74 Å². The Bertz CT molecular complexity index is 508. The Hall–Kier alpha value is -2.18. The summed E-state index contributed by atoms with van der Waals surface area (Å²) in [7, 11) is 0. The molecule has 7 nitrogen and oxygen atoms in total. The van der Waals surface area contributed by atoms with Crippen molar-refractivity contribution < 1.29 is 14.3 Å². The van der Waals surface area contributed by atoms with E-state index in [0.29, 0.717) is 31.8 Å². The van der Waals surface area contributed by atoms with Crippen LogP contribution >= 0.6 is 0 Å². The Kier molecular flexibility index (Phi) is 3.49. The fourth-order valence-corrected chi connectivity index (χ4v) is 2.56. The van der Waals surface area contributed by atoms with Gasteiger partial charge in [0.25, 0.3) is 0 Å². The first-order chi connectivity index (χ1) is 9.72. The van der Waals surface area contributed by atoms with Gasteiger partial charge in [-0.1, -0.05) is 0 Å². The van der Waals surface area contributed by atoms with Gasteiger partial charge in [-0.25, -0.2) is 4.98 Å². The maximum atomic E-state index is 12.2. The molecule has 2 aliphatic rings. The number of nitrogens with one attached hydrogen (secondary N) is 1. The minimum absolute atomic E-state index is 0.0129. The molecule has 0 aliphatic carbocycles. The molecule has 106 valence electrons. The van der Waals surface area contributed by atoms with E-state index in [1.165, 1.54) is 0 Å². The molecule has 2 atom stereocenters. The number of carbonyl (C=O) groups is 2. The Morgan fingerprint density at radius 3 is 3.00 bits per heavy atom. The Morgan fingerprint density at radius 1 is 1.40 bits per heavy atom. The number of nitrogens with zero attached hydrogens (tertiary/aromatic N) is 3. The molecule has 0 bridgehead atoms. The van der Waals surface area contributed by atoms with Crippen molar-refractivity contribution in [3.63, 3.8) is 0 Å². The average molecular weight is 276 g/mol. The first-order valence-corrected chi connectivity index (χ1v) is 6.73. The van der Waals surface area contributed by atoms with Crippen molar-refractivity contribution in [1.82, 2.24) is 20.2 Å². The van der Waals surface area contributed by atoms with Crippen LogP contribution in [0.15, 0.2) is 18.6 Å². The van der Waals surface area contributed by atoms with Crippen molar-refractivity contribution in [3.8, 4) is 5.88 Å². The number of ether oxygens (including phenoxy) is 1. The molecule has 0 spiro atoms. The van der Waals surface area contributed by atoms with Crippen LogP contribution in [0.4, 0.5) is 0 Å². The predicted octanol–water partition coefficient (Wildman–Crippen LogP) is -0.265. The minimum Gasteiger partial charge on any atom is -0.471 e. The van der Waals surface area contributed by atoms with Gasteiger partial charge >= 0.3 is 0 Å². The highest BCUT2D eigenvalue weighted by Gasteiger charge is 2.35. The van der Waals surface area contributed by atoms with Crippen LogP contribution in [0.2, 0.25) is 0 Å². The SMILES string of the molecule is O=C1CC[C@H](C(=O)N2CC[C@@H](Oc3cnccn3)C2)N1. The smallest absolute Gasteiger partial charge is 0.245 e. The third-order valence-electron chi connectivity index (χ3n) is 3.58. The van der Waals surface area contributed by atoms with Crippen molar-refractivity contribution in [3.05, 3.63) is 18.6 Å². The molecule has 0 saturated carbocycles. The zero-order chi connectivity index (χ0) is 13.9. The highest BCUT2D eigenvalue weighted by atomic mass is 16.5. The normalized spacial score (nSPS) is 25.6. The second-order valence-electron chi connectivity index (χ2n) is 5.02. The Labute approximate surface area is 116 Å². The zero-order valence-corrected chi connectivity index (χ0v) is 11.0. The summed E-state index contributed by atoms with van der Waals surface area (Å²) in [5.41, 5.74) is 0. The van der Waals surface area contributed by atoms with E-state index in [9.17, 15) is 9.59 Å². The summed E-state index contributed by atoms with van der Waals surface area (Å²) in [6, 6.07) is -0.363. The molecule has 1 aromatic heterocycles. The maximum Gasteiger partial charge on any atom is 0.245 e. The van der Waals surface area contributed by atoms with Gasteiger partial charge in [0.1, 0.15) is 12.1 Å². The summed E-state index contributed by atoms with van der Waals surface area (Å²) >= 11 is 0. The van der Waals surface area contributed by atoms with E-state index >= 15 is 0 Å². The van der Waals surface area contributed by atoms with E-state index < -0.39 is 0 Å². The molecule has 1 aromatic rings. The lowest BCUT2D eigenvalue weighted by molar-refractivity contribution is -0.133. The van der Waals surface area contributed by atoms with Crippen LogP contribution in [-0.2, 0) is 9.59 Å². The molecule has 1 N–H and O–H groups in total. The summed E-state index contributed by atoms with van der Waals surface area (Å²) in [5.74, 6) is 0.414. The summed E-state index contributed by atoms with van der Waals surface area (Å²) < 4.78 is 5.68. The van der Waals surface area contributed by atoms with E-state index in [1.54, 1.807) is 23.5 Å². The van der Waals surface area contributed by atoms with E-state index in [-0.39, 0.29) is 24.0 Å². The molecule has 2 saturated heterocycles. The minimum atomic E-state index is -0.363. The fourth-order valence-electron chi connectivity index (χ4n) is 2.56. The molecule has 2 aliphatic heterocycles. The molecule has 0 radical (unpaired) electrons. The van der Waals surface area contributed by atoms with E-state index in [1.807, 2.05) is 0 Å². The lowest BCUT2D eigenvalue weighted by Crippen LogP contribution is -2.44. The quantitative estimate of drug-likeness (QED) is 0.822. The third-order valence-corrected chi connectivity index (χ3v) is 3.58. The molecule has 20 heavy (non-hydrogen) atoms. The van der Waals surface area contributed by atoms with Gasteiger partial charge in [-0.05, 0) is 6.42 Å². The number of carbonyl (C=O) groups excluding carboxylic acids is 2. The van der Waals surface area contributed by atoms with Gasteiger partial charge in [-0.15, -0.1) is 0 Å². The summed E-state index contributed by atoms with van der Waals surface area (Å²) in [4.78, 5) is 33.1. The molecule has 0 aromatic carbocycles. The van der Waals surface area contributed by atoms with Crippen molar-refractivity contribution in [1.29, 1.82) is 0 Å². The summed E-state index contributed by atoms with van der Waals surface area (Å²) in [5, 5.41) is 2.70. The standard InChI is InChI=1S/C13H16N4O3/c18-11-2-1-10(16-11)13(19)17-6-3-9(8-17)20-12-7-14-4-5-15-12/h4-5,7,9-10H,1-3,6,8H2,(H,16,18)/t9-,10-/m1/s1. The summed E-state index contributed by atoms with van der Waals surface area (Å²) in [6.07, 6.45) is 6.44. The first kappa shape index (κ1) is 12.8. The highest BCUT2D eigenvalue weighted by Crippen LogP contribution is 2.18. The van der Waals surface area contributed by atoms with Gasteiger partial charge in [0.05, 0.1) is 12.7 Å². The Balaban J connectivity index is 1.54. The van der Waals surface area contributed by atoms with Gasteiger partial charge in [0, 0.05) is 31.8 Å². The summed E-state index contributed by atoms with van der Waals surface area (Å²) in [6.45, 7) is 1.18. The average Bonchev–Trinajstić information content (AvgIpc) is 3.08. The fraction of sp³-hybridized carbons (Fsp3) is 0.538. The van der Waals surface area contributed by atoms with Gasteiger partial charge in [-0.3, -0.25) is 14.6 Å². The molecule has 7 heteroatoms. The van der Waals surface area contributed by atoms with Gasteiger partial charge in [0.2, 0.25) is 17.7 Å². The van der Waals surface area contributed by atoms with Crippen LogP contribution in [0.25, 0.3) is 0 Å². The van der Waals surface area contributed by atoms with E-state index in [2.05, 4.69) is 15.3 Å². The van der Waals surface area contributed by atoms with Crippen LogP contribution in [0.3, 0.4) is 0 Å². The maximum absolute atomic E-state index is 12.2. The molecular formula is C13H16N4O3. The van der Waals surface area contributed by atoms with E-state index in [0.717, 1.165) is 6.42 Å². The van der Waals surface area contributed by atoms with Gasteiger partial charge in [0.15, 0.2) is 0 Å². The molecule has 2 amide bonds. The second kappa shape index (κ2) is 5.44. The monoisotopic (exact) mass is 276 g/mol. The molecule has 2 fully saturated rings. The van der Waals surface area contributed by atoms with Crippen molar-refractivity contribution in [2.45, 2.75) is 31.4 Å². The number of amides is 2. The number of hydrogen-bond donors (Lipinski definition) is 1. The topological polar surface area (TPSA) is 84.4 Å². The van der Waals surface area contributed by atoms with Gasteiger partial charge in [-0.2, -0.15) is 0 Å². The van der Waals surface area contributed by atoms with Crippen molar-refractivity contribution in [2.75, 3.05) is 13.1 Å². The Morgan fingerprint density at radius 2 is 2.30 bits per heavy atom. The van der Waals surface area contributed by atoms with Gasteiger partial charge < -0.3 is 15.0 Å². The molecule has 0 unspecified atom stereocenters. The van der Waals surface area contributed by atoms with Crippen molar-refractivity contribution in [2.24, 2.45) is 0 Å². The largest absolute Gasteiger partial charge is 0.471 e. The third kappa shape index (κ3) is 2.71. The van der Waals surface area contributed by atoms with Crippen LogP contribution < -0.4 is 10.1 Å². The predicted molar refractivity (Wildman–Crippen MR) is 68.8 cm³/mol. The zero-order valence-electron chi connectivity index (χ0n) is 11.0. The molecule has 3 rings (SSSR count). The number of aromatic nitrogens is 2. The first-order valence-electron chi connectivity index (χ1n) is 6.73. The lowest BCUT2D eigenvalue weighted by atomic mass is 10.2. The molecular weight excluding hydrogens is 260 g/mol. The molecule has 3 heterocycles. The van der Waals surface area contributed by atoms with Crippen LogP contribution in [0.5, 0.6) is 5.88 Å². The number of rotatable bonds is 3. The van der Waals surface area contributed by atoms with Crippen LogP contribution in [0, 0.1) is 0 Å². The lowest BCUT2D eigenvalue weighted by Gasteiger charge is -2.20. The van der Waals surface area contributed by atoms with Crippen LogP contribution in [0.1, 0.15) is 19.3 Å². The van der Waals surface area contributed by atoms with Crippen molar-refractivity contribution >= 4 is 11.8 Å². The second-order valence-corrected chi connectivity index (χ2v) is 5.02.